The smallest absolute Gasteiger partial charge is 0.155 e. The molecular formula is C14H11BrClF2N3. The van der Waals surface area contributed by atoms with E-state index in [2.05, 4.69) is 25.9 Å². The number of hydrogen-bond donors (Lipinski definition) is 0. The van der Waals surface area contributed by atoms with Crippen molar-refractivity contribution in [2.24, 2.45) is 0 Å². The molecule has 0 amide bonds. The zero-order valence-corrected chi connectivity index (χ0v) is 13.6. The van der Waals surface area contributed by atoms with Gasteiger partial charge in [0.1, 0.15) is 21.3 Å². The first-order valence-electron chi connectivity index (χ1n) is 6.25. The maximum Gasteiger partial charge on any atom is 0.155 e. The van der Waals surface area contributed by atoms with Gasteiger partial charge in [-0.15, -0.1) is 0 Å². The van der Waals surface area contributed by atoms with E-state index in [1.807, 2.05) is 13.8 Å². The van der Waals surface area contributed by atoms with Crippen molar-refractivity contribution in [2.75, 3.05) is 11.4 Å². The molecule has 0 atom stereocenters. The van der Waals surface area contributed by atoms with E-state index in [4.69, 9.17) is 11.6 Å². The molecule has 0 aliphatic carbocycles. The first-order valence-corrected chi connectivity index (χ1v) is 7.42. The van der Waals surface area contributed by atoms with Gasteiger partial charge >= 0.3 is 0 Å². The maximum absolute atomic E-state index is 13.7. The summed E-state index contributed by atoms with van der Waals surface area (Å²) in [5, 5.41) is -0.501. The highest BCUT2D eigenvalue weighted by atomic mass is 79.9. The first kappa shape index (κ1) is 14.7. The molecule has 0 fully saturated rings. The summed E-state index contributed by atoms with van der Waals surface area (Å²) in [4.78, 5) is 10.5. The predicted molar refractivity (Wildman–Crippen MR) is 81.1 cm³/mol. The highest BCUT2D eigenvalue weighted by molar-refractivity contribution is 9.10. The van der Waals surface area contributed by atoms with Crippen LogP contribution in [0.2, 0.25) is 5.02 Å². The van der Waals surface area contributed by atoms with Crippen molar-refractivity contribution in [1.82, 2.24) is 9.97 Å². The molecule has 1 aromatic carbocycles. The van der Waals surface area contributed by atoms with Crippen molar-refractivity contribution in [3.63, 3.8) is 0 Å². The van der Waals surface area contributed by atoms with Crippen LogP contribution in [0.25, 0.3) is 0 Å². The second-order valence-corrected chi connectivity index (χ2v) is 6.75. The van der Waals surface area contributed by atoms with E-state index in [-0.39, 0.29) is 5.41 Å². The molecule has 0 spiro atoms. The number of rotatable bonds is 1. The third-order valence-corrected chi connectivity index (χ3v) is 4.20. The van der Waals surface area contributed by atoms with Gasteiger partial charge < -0.3 is 4.90 Å². The second kappa shape index (κ2) is 4.88. The van der Waals surface area contributed by atoms with Crippen LogP contribution in [0.15, 0.2) is 22.9 Å². The average molecular weight is 375 g/mol. The third-order valence-electron chi connectivity index (χ3n) is 3.45. The lowest BCUT2D eigenvalue weighted by atomic mass is 9.92. The highest BCUT2D eigenvalue weighted by Gasteiger charge is 2.39. The van der Waals surface area contributed by atoms with Gasteiger partial charge in [0.05, 0.1) is 11.9 Å². The second-order valence-electron chi connectivity index (χ2n) is 5.56. The summed E-state index contributed by atoms with van der Waals surface area (Å²) in [5.41, 5.74) is 0.879. The molecule has 0 saturated heterocycles. The van der Waals surface area contributed by atoms with Gasteiger partial charge in [0.15, 0.2) is 5.82 Å². The van der Waals surface area contributed by atoms with Gasteiger partial charge in [-0.05, 0) is 28.1 Å². The Morgan fingerprint density at radius 2 is 1.90 bits per heavy atom. The zero-order chi connectivity index (χ0) is 15.4. The van der Waals surface area contributed by atoms with Crippen LogP contribution < -0.4 is 4.90 Å². The average Bonchev–Trinajstić information content (AvgIpc) is 2.67. The third kappa shape index (κ3) is 2.40. The van der Waals surface area contributed by atoms with Crippen LogP contribution in [-0.4, -0.2) is 16.5 Å². The molecule has 110 valence electrons. The monoisotopic (exact) mass is 373 g/mol. The minimum atomic E-state index is -0.789. The number of anilines is 2. The van der Waals surface area contributed by atoms with E-state index in [0.29, 0.717) is 22.7 Å². The largest absolute Gasteiger partial charge is 0.324 e. The molecule has 3 rings (SSSR count). The highest BCUT2D eigenvalue weighted by Crippen LogP contribution is 2.43. The first-order chi connectivity index (χ1) is 9.79. The fourth-order valence-corrected chi connectivity index (χ4v) is 2.86. The van der Waals surface area contributed by atoms with Crippen molar-refractivity contribution in [1.29, 1.82) is 0 Å². The number of hydrogen-bond acceptors (Lipinski definition) is 3. The number of benzene rings is 1. The zero-order valence-electron chi connectivity index (χ0n) is 11.3. The van der Waals surface area contributed by atoms with Gasteiger partial charge in [-0.3, -0.25) is 0 Å². The van der Waals surface area contributed by atoms with E-state index < -0.39 is 16.7 Å². The Hall–Kier alpha value is -1.27. The molecule has 21 heavy (non-hydrogen) atoms. The van der Waals surface area contributed by atoms with Crippen molar-refractivity contribution in [2.45, 2.75) is 19.3 Å². The fraction of sp³-hybridized carbons (Fsp3) is 0.286. The van der Waals surface area contributed by atoms with Crippen LogP contribution in [0.4, 0.5) is 20.3 Å². The molecule has 1 aromatic heterocycles. The molecule has 2 aromatic rings. The lowest BCUT2D eigenvalue weighted by Crippen LogP contribution is -2.25. The van der Waals surface area contributed by atoms with Gasteiger partial charge in [0, 0.05) is 17.6 Å². The summed E-state index contributed by atoms with van der Waals surface area (Å²) >= 11 is 8.83. The number of aromatic nitrogens is 2. The summed E-state index contributed by atoms with van der Waals surface area (Å²) in [5.74, 6) is -0.977. The van der Waals surface area contributed by atoms with Gasteiger partial charge in [-0.2, -0.15) is 0 Å². The van der Waals surface area contributed by atoms with Crippen LogP contribution in [0, 0.1) is 11.6 Å². The van der Waals surface area contributed by atoms with Crippen LogP contribution in [0.1, 0.15) is 19.5 Å². The van der Waals surface area contributed by atoms with Crippen molar-refractivity contribution in [3.05, 3.63) is 45.3 Å². The molecule has 1 aliphatic rings. The molecule has 0 radical (unpaired) electrons. The molecule has 0 bridgehead atoms. The topological polar surface area (TPSA) is 29.0 Å². The molecule has 1 aliphatic heterocycles. The summed E-state index contributed by atoms with van der Waals surface area (Å²) in [6.45, 7) is 4.55. The summed E-state index contributed by atoms with van der Waals surface area (Å²) in [6.07, 6.45) is 1.57. The quantitative estimate of drug-likeness (QED) is 0.683. The Balaban J connectivity index is 2.15. The summed E-state index contributed by atoms with van der Waals surface area (Å²) in [6, 6.07) is 2.42. The van der Waals surface area contributed by atoms with Crippen molar-refractivity contribution < 1.29 is 8.78 Å². The summed E-state index contributed by atoms with van der Waals surface area (Å²) in [7, 11) is 0. The van der Waals surface area contributed by atoms with Crippen LogP contribution in [-0.2, 0) is 5.41 Å². The number of halogens is 4. The van der Waals surface area contributed by atoms with Crippen LogP contribution in [0.5, 0.6) is 0 Å². The Morgan fingerprint density at radius 3 is 2.52 bits per heavy atom. The van der Waals surface area contributed by atoms with Gasteiger partial charge in [-0.1, -0.05) is 25.4 Å². The molecule has 7 heteroatoms. The molecule has 0 saturated carbocycles. The molecule has 3 nitrogen and oxygen atoms in total. The maximum atomic E-state index is 13.7. The van der Waals surface area contributed by atoms with Crippen molar-refractivity contribution in [3.8, 4) is 0 Å². The molecule has 2 heterocycles. The standard InChI is InChI=1S/C14H11BrClF2N3/c1-14(2)6-21(13-12(14)20-10(15)5-19-13)7-3-8(17)11(16)9(18)4-7/h3-5H,6H2,1-2H3. The van der Waals surface area contributed by atoms with E-state index in [1.165, 1.54) is 12.1 Å². The number of nitrogens with zero attached hydrogens (tertiary/aromatic N) is 3. The van der Waals surface area contributed by atoms with E-state index in [1.54, 1.807) is 11.1 Å². The lowest BCUT2D eigenvalue weighted by molar-refractivity contribution is 0.550. The van der Waals surface area contributed by atoms with E-state index >= 15 is 0 Å². The van der Waals surface area contributed by atoms with Crippen LogP contribution in [0.3, 0.4) is 0 Å². The van der Waals surface area contributed by atoms with Gasteiger partial charge in [-0.25, -0.2) is 18.7 Å². The Labute approximate surface area is 134 Å². The normalized spacial score (nSPS) is 16.2. The molecular weight excluding hydrogens is 364 g/mol. The number of fused-ring (bicyclic) bond motifs is 1. The summed E-state index contributed by atoms with van der Waals surface area (Å²) < 4.78 is 28.0. The minimum Gasteiger partial charge on any atom is -0.324 e. The van der Waals surface area contributed by atoms with Crippen LogP contribution >= 0.6 is 27.5 Å². The lowest BCUT2D eigenvalue weighted by Gasteiger charge is -2.21. The van der Waals surface area contributed by atoms with E-state index in [0.717, 1.165) is 5.69 Å². The Morgan fingerprint density at radius 1 is 1.29 bits per heavy atom. The van der Waals surface area contributed by atoms with Gasteiger partial charge in [0.2, 0.25) is 0 Å². The SMILES string of the molecule is CC1(C)CN(c2cc(F)c(Cl)c(F)c2)c2ncc(Br)nc21. The Kier molecular flexibility index (Phi) is 3.41. The Bertz CT molecular complexity index is 713. The fourth-order valence-electron chi connectivity index (χ4n) is 2.47. The van der Waals surface area contributed by atoms with E-state index in [9.17, 15) is 8.78 Å². The minimum absolute atomic E-state index is 0.279. The molecule has 0 unspecified atom stereocenters. The molecule has 0 N–H and O–H groups in total. The van der Waals surface area contributed by atoms with Crippen molar-refractivity contribution >= 4 is 39.0 Å². The predicted octanol–water partition coefficient (Wildman–Crippen LogP) is 4.60. The van der Waals surface area contributed by atoms with Gasteiger partial charge in [0.25, 0.3) is 0 Å².